The minimum atomic E-state index is -0.616. The average Bonchev–Trinajstić information content (AvgIpc) is 3.48. The number of para-hydroxylation sites is 1. The lowest BCUT2D eigenvalue weighted by atomic mass is 9.90. The molecular formula is C25H27N3O5. The van der Waals surface area contributed by atoms with Crippen LogP contribution in [0, 0.1) is 0 Å². The van der Waals surface area contributed by atoms with Crippen LogP contribution >= 0.6 is 0 Å². The van der Waals surface area contributed by atoms with Crippen LogP contribution in [0.5, 0.6) is 23.0 Å². The van der Waals surface area contributed by atoms with Gasteiger partial charge >= 0.3 is 0 Å². The van der Waals surface area contributed by atoms with Crippen molar-refractivity contribution in [2.75, 3.05) is 26.5 Å². The Kier molecular flexibility index (Phi) is 4.64. The number of piperidine rings is 1. The maximum Gasteiger partial charge on any atom is 0.231 e. The van der Waals surface area contributed by atoms with Crippen LogP contribution in [-0.4, -0.2) is 53.7 Å². The van der Waals surface area contributed by atoms with Gasteiger partial charge in [-0.05, 0) is 31.2 Å². The third-order valence-corrected chi connectivity index (χ3v) is 6.98. The van der Waals surface area contributed by atoms with Gasteiger partial charge in [0.05, 0.1) is 18.4 Å². The highest BCUT2D eigenvalue weighted by Crippen LogP contribution is 2.53. The van der Waals surface area contributed by atoms with Gasteiger partial charge in [-0.2, -0.15) is 5.10 Å². The smallest absolute Gasteiger partial charge is 0.231 e. The normalized spacial score (nSPS) is 21.9. The van der Waals surface area contributed by atoms with Gasteiger partial charge in [0, 0.05) is 50.4 Å². The van der Waals surface area contributed by atoms with Crippen LogP contribution in [0.15, 0.2) is 41.5 Å². The average molecular weight is 450 g/mol. The molecule has 1 saturated heterocycles. The molecule has 8 heteroatoms. The molecule has 0 bridgehead atoms. The quantitative estimate of drug-likeness (QED) is 0.712. The summed E-state index contributed by atoms with van der Waals surface area (Å²) in [5.41, 5.74) is 2.48. The Morgan fingerprint density at radius 3 is 2.79 bits per heavy atom. The summed E-state index contributed by atoms with van der Waals surface area (Å²) in [7, 11) is 0. The first-order valence-electron chi connectivity index (χ1n) is 11.5. The number of hydrazone groups is 1. The SMILES string of the molecule is CCOc1cccc2c1OC1(CCN(C(C)=O)CC1)N1N=C(c3ccc4c(c3)OCO4)CC21. The van der Waals surface area contributed by atoms with Crippen molar-refractivity contribution in [2.45, 2.75) is 44.9 Å². The van der Waals surface area contributed by atoms with Crippen LogP contribution in [0.25, 0.3) is 0 Å². The maximum atomic E-state index is 12.0. The molecule has 2 aromatic rings. The third-order valence-electron chi connectivity index (χ3n) is 6.98. The standard InChI is InChI=1S/C25H27N3O5/c1-3-30-22-6-4-5-18-20-14-19(17-7-8-21-23(13-17)32-15-31-21)26-28(20)25(33-24(18)22)9-11-27(12-10-25)16(2)29/h4-8,13,20H,3,9-12,14-15H2,1-2H3. The number of fused-ring (bicyclic) bond motifs is 5. The first kappa shape index (κ1) is 20.2. The van der Waals surface area contributed by atoms with E-state index in [2.05, 4.69) is 11.1 Å². The number of hydrogen-bond donors (Lipinski definition) is 0. The van der Waals surface area contributed by atoms with Gasteiger partial charge in [0.1, 0.15) is 0 Å². The van der Waals surface area contributed by atoms with Gasteiger partial charge in [-0.3, -0.25) is 4.79 Å². The van der Waals surface area contributed by atoms with Gasteiger partial charge in [0.2, 0.25) is 18.4 Å². The van der Waals surface area contributed by atoms with Crippen molar-refractivity contribution in [3.05, 3.63) is 47.5 Å². The van der Waals surface area contributed by atoms with E-state index < -0.39 is 5.72 Å². The third kappa shape index (κ3) is 3.19. The van der Waals surface area contributed by atoms with Gasteiger partial charge < -0.3 is 23.8 Å². The van der Waals surface area contributed by atoms with Gasteiger partial charge in [-0.25, -0.2) is 5.01 Å². The molecular weight excluding hydrogens is 422 g/mol. The van der Waals surface area contributed by atoms with E-state index in [0.29, 0.717) is 32.5 Å². The van der Waals surface area contributed by atoms with Gasteiger partial charge in [-0.15, -0.1) is 0 Å². The number of likely N-dealkylation sites (tertiary alicyclic amines) is 1. The lowest BCUT2D eigenvalue weighted by Gasteiger charge is -2.51. The number of hydrogen-bond acceptors (Lipinski definition) is 7. The summed E-state index contributed by atoms with van der Waals surface area (Å²) in [6.45, 7) is 5.69. The summed E-state index contributed by atoms with van der Waals surface area (Å²) in [4.78, 5) is 13.8. The zero-order valence-corrected chi connectivity index (χ0v) is 18.9. The second-order valence-corrected chi connectivity index (χ2v) is 8.84. The molecule has 4 aliphatic heterocycles. The van der Waals surface area contributed by atoms with E-state index >= 15 is 0 Å². The highest BCUT2D eigenvalue weighted by Gasteiger charge is 2.52. The van der Waals surface area contributed by atoms with Gasteiger partial charge in [0.25, 0.3) is 0 Å². The first-order valence-corrected chi connectivity index (χ1v) is 11.5. The molecule has 1 unspecified atom stereocenters. The Morgan fingerprint density at radius 1 is 1.18 bits per heavy atom. The molecule has 0 N–H and O–H groups in total. The molecule has 1 amide bonds. The summed E-state index contributed by atoms with van der Waals surface area (Å²) in [5, 5.41) is 7.25. The molecule has 2 aromatic carbocycles. The lowest BCUT2D eigenvalue weighted by molar-refractivity contribution is -0.159. The van der Waals surface area contributed by atoms with Crippen LogP contribution in [0.2, 0.25) is 0 Å². The van der Waals surface area contributed by atoms with E-state index in [-0.39, 0.29) is 18.7 Å². The Labute approximate surface area is 192 Å². The molecule has 4 aliphatic rings. The molecule has 4 heterocycles. The fourth-order valence-corrected chi connectivity index (χ4v) is 5.29. The van der Waals surface area contributed by atoms with E-state index in [4.69, 9.17) is 24.0 Å². The Morgan fingerprint density at radius 2 is 2.00 bits per heavy atom. The fraction of sp³-hybridized carbons (Fsp3) is 0.440. The molecule has 6 rings (SSSR count). The van der Waals surface area contributed by atoms with Crippen molar-refractivity contribution >= 4 is 11.6 Å². The molecule has 0 saturated carbocycles. The van der Waals surface area contributed by atoms with Crippen LogP contribution in [-0.2, 0) is 4.79 Å². The minimum absolute atomic E-state index is 0.0402. The zero-order valence-electron chi connectivity index (χ0n) is 18.9. The van der Waals surface area contributed by atoms with Crippen molar-refractivity contribution in [3.8, 4) is 23.0 Å². The maximum absolute atomic E-state index is 12.0. The molecule has 0 aromatic heterocycles. The van der Waals surface area contributed by atoms with Crippen LogP contribution in [0.4, 0.5) is 0 Å². The molecule has 1 fully saturated rings. The van der Waals surface area contributed by atoms with Crippen molar-refractivity contribution in [1.29, 1.82) is 0 Å². The molecule has 0 aliphatic carbocycles. The Bertz CT molecular complexity index is 1140. The largest absolute Gasteiger partial charge is 0.490 e. The van der Waals surface area contributed by atoms with E-state index in [1.807, 2.05) is 42.2 Å². The monoisotopic (exact) mass is 449 g/mol. The van der Waals surface area contributed by atoms with Crippen molar-refractivity contribution in [2.24, 2.45) is 5.10 Å². The van der Waals surface area contributed by atoms with Gasteiger partial charge in [0.15, 0.2) is 23.0 Å². The molecule has 1 spiro atoms. The van der Waals surface area contributed by atoms with E-state index in [1.165, 1.54) is 0 Å². The molecule has 8 nitrogen and oxygen atoms in total. The predicted molar refractivity (Wildman–Crippen MR) is 121 cm³/mol. The van der Waals surface area contributed by atoms with Crippen LogP contribution in [0.1, 0.15) is 50.3 Å². The second kappa shape index (κ2) is 7.57. The highest BCUT2D eigenvalue weighted by molar-refractivity contribution is 6.02. The number of carbonyl (C=O) groups excluding carboxylic acids is 1. The summed E-state index contributed by atoms with van der Waals surface area (Å²) in [6, 6.07) is 12.1. The zero-order chi connectivity index (χ0) is 22.6. The number of benzene rings is 2. The van der Waals surface area contributed by atoms with E-state index in [9.17, 15) is 4.79 Å². The molecule has 1 atom stereocenters. The highest BCUT2D eigenvalue weighted by atomic mass is 16.7. The van der Waals surface area contributed by atoms with Crippen LogP contribution < -0.4 is 18.9 Å². The number of amides is 1. The van der Waals surface area contributed by atoms with E-state index in [1.54, 1.807) is 6.92 Å². The van der Waals surface area contributed by atoms with Gasteiger partial charge in [-0.1, -0.05) is 12.1 Å². The number of nitrogens with zero attached hydrogens (tertiary/aromatic N) is 3. The summed E-state index contributed by atoms with van der Waals surface area (Å²) < 4.78 is 23.8. The minimum Gasteiger partial charge on any atom is -0.490 e. The Hall–Kier alpha value is -3.42. The summed E-state index contributed by atoms with van der Waals surface area (Å²) >= 11 is 0. The number of ether oxygens (including phenoxy) is 4. The molecule has 33 heavy (non-hydrogen) atoms. The summed E-state index contributed by atoms with van der Waals surface area (Å²) in [6.07, 6.45) is 2.12. The van der Waals surface area contributed by atoms with Crippen molar-refractivity contribution in [3.63, 3.8) is 0 Å². The van der Waals surface area contributed by atoms with Crippen LogP contribution in [0.3, 0.4) is 0 Å². The molecule has 0 radical (unpaired) electrons. The Balaban J connectivity index is 1.41. The fourth-order valence-electron chi connectivity index (χ4n) is 5.29. The van der Waals surface area contributed by atoms with Crippen molar-refractivity contribution < 1.29 is 23.7 Å². The number of carbonyl (C=O) groups is 1. The summed E-state index contributed by atoms with van der Waals surface area (Å²) in [5.74, 6) is 3.18. The van der Waals surface area contributed by atoms with Crippen molar-refractivity contribution in [1.82, 2.24) is 9.91 Å². The predicted octanol–water partition coefficient (Wildman–Crippen LogP) is 3.70. The first-order chi connectivity index (χ1) is 16.1. The second-order valence-electron chi connectivity index (χ2n) is 8.84. The number of rotatable bonds is 3. The molecule has 172 valence electrons. The topological polar surface area (TPSA) is 72.8 Å². The lowest BCUT2D eigenvalue weighted by Crippen LogP contribution is -2.59. The van der Waals surface area contributed by atoms with E-state index in [0.717, 1.165) is 46.3 Å².